The minimum Gasteiger partial charge on any atom is -0.494 e. The normalized spacial score (nSPS) is 10.6. The van der Waals surface area contributed by atoms with E-state index in [4.69, 9.17) is 16.3 Å². The number of carbonyl (C=O) groups is 1. The van der Waals surface area contributed by atoms with Crippen molar-refractivity contribution < 1.29 is 9.53 Å². The number of rotatable bonds is 3. The van der Waals surface area contributed by atoms with Gasteiger partial charge < -0.3 is 10.1 Å². The number of hydrogen-bond acceptors (Lipinski definition) is 5. The molecule has 7 heteroatoms. The molecule has 0 unspecified atom stereocenters. The molecule has 2 aromatic heterocycles. The molecule has 0 spiro atoms. The predicted octanol–water partition coefficient (Wildman–Crippen LogP) is 3.25. The Hall–Kier alpha value is -2.73. The molecule has 0 saturated carbocycles. The monoisotopic (exact) mass is 328 g/mol. The summed E-state index contributed by atoms with van der Waals surface area (Å²) >= 11 is 5.97. The van der Waals surface area contributed by atoms with Crippen molar-refractivity contribution >= 4 is 34.2 Å². The number of methoxy groups -OCH3 is 1. The van der Waals surface area contributed by atoms with Gasteiger partial charge in [0.1, 0.15) is 22.6 Å². The van der Waals surface area contributed by atoms with Crippen LogP contribution in [-0.4, -0.2) is 28.0 Å². The summed E-state index contributed by atoms with van der Waals surface area (Å²) in [6.07, 6.45) is 2.74. The Morgan fingerprint density at radius 1 is 1.26 bits per heavy atom. The van der Waals surface area contributed by atoms with Crippen molar-refractivity contribution in [3.05, 3.63) is 53.1 Å². The lowest BCUT2D eigenvalue weighted by Gasteiger charge is -2.11. The zero-order chi connectivity index (χ0) is 16.4. The highest BCUT2D eigenvalue weighted by Crippen LogP contribution is 2.28. The molecule has 0 aliphatic heterocycles. The average Bonchev–Trinajstić information content (AvgIpc) is 2.55. The maximum atomic E-state index is 12.6. The molecular formula is C16H13ClN4O2. The van der Waals surface area contributed by atoms with Crippen LogP contribution in [0.4, 0.5) is 5.82 Å². The van der Waals surface area contributed by atoms with Crippen LogP contribution in [0.5, 0.6) is 5.75 Å². The van der Waals surface area contributed by atoms with Crippen LogP contribution in [0.1, 0.15) is 16.1 Å². The molecule has 0 aliphatic rings. The number of amides is 1. The Labute approximate surface area is 137 Å². The molecule has 2 heterocycles. The van der Waals surface area contributed by atoms with Gasteiger partial charge >= 0.3 is 0 Å². The van der Waals surface area contributed by atoms with Crippen LogP contribution in [-0.2, 0) is 0 Å². The van der Waals surface area contributed by atoms with Gasteiger partial charge in [-0.15, -0.1) is 0 Å². The van der Waals surface area contributed by atoms with Crippen LogP contribution in [0.25, 0.3) is 10.9 Å². The zero-order valence-electron chi connectivity index (χ0n) is 12.5. The third-order valence-corrected chi connectivity index (χ3v) is 3.60. The van der Waals surface area contributed by atoms with E-state index >= 15 is 0 Å². The van der Waals surface area contributed by atoms with Crippen molar-refractivity contribution in [2.75, 3.05) is 12.4 Å². The first kappa shape index (κ1) is 15.2. The molecular weight excluding hydrogens is 316 g/mol. The van der Waals surface area contributed by atoms with Crippen molar-refractivity contribution in [1.29, 1.82) is 0 Å². The van der Waals surface area contributed by atoms with E-state index in [1.54, 1.807) is 19.2 Å². The summed E-state index contributed by atoms with van der Waals surface area (Å²) in [5, 5.41) is 3.64. The molecule has 0 fully saturated rings. The second-order valence-corrected chi connectivity index (χ2v) is 5.24. The molecule has 1 amide bonds. The molecule has 3 rings (SSSR count). The zero-order valence-corrected chi connectivity index (χ0v) is 13.3. The van der Waals surface area contributed by atoms with Gasteiger partial charge in [-0.25, -0.2) is 15.0 Å². The van der Waals surface area contributed by atoms with Gasteiger partial charge in [-0.1, -0.05) is 17.7 Å². The standard InChI is InChI=1S/C16H13ClN4O2/c1-9-3-4-10-11(5-6-13(23-2)14(10)20-9)16(22)21-15-12(17)7-18-8-19-15/h3-8H,1-2H3,(H,18,19,21,22). The number of nitrogens with one attached hydrogen (secondary N) is 1. The number of halogens is 1. The summed E-state index contributed by atoms with van der Waals surface area (Å²) in [5.41, 5.74) is 1.93. The molecule has 0 aliphatic carbocycles. The number of pyridine rings is 1. The fourth-order valence-corrected chi connectivity index (χ4v) is 2.38. The van der Waals surface area contributed by atoms with Crippen molar-refractivity contribution in [3.63, 3.8) is 0 Å². The molecule has 3 aromatic rings. The fraction of sp³-hybridized carbons (Fsp3) is 0.125. The second kappa shape index (κ2) is 6.18. The largest absolute Gasteiger partial charge is 0.494 e. The Morgan fingerprint density at radius 2 is 2.09 bits per heavy atom. The maximum Gasteiger partial charge on any atom is 0.257 e. The van der Waals surface area contributed by atoms with Gasteiger partial charge in [-0.2, -0.15) is 0 Å². The highest BCUT2D eigenvalue weighted by molar-refractivity contribution is 6.33. The van der Waals surface area contributed by atoms with Gasteiger partial charge in [0.2, 0.25) is 0 Å². The number of hydrogen-bond donors (Lipinski definition) is 1. The molecule has 6 nitrogen and oxygen atoms in total. The first-order valence-electron chi connectivity index (χ1n) is 6.81. The van der Waals surface area contributed by atoms with Crippen LogP contribution >= 0.6 is 11.6 Å². The van der Waals surface area contributed by atoms with E-state index in [2.05, 4.69) is 20.3 Å². The molecule has 1 N–H and O–H groups in total. The Morgan fingerprint density at radius 3 is 2.83 bits per heavy atom. The Bertz CT molecular complexity index is 898. The number of anilines is 1. The third kappa shape index (κ3) is 2.93. The summed E-state index contributed by atoms with van der Waals surface area (Å²) < 4.78 is 5.32. The quantitative estimate of drug-likeness (QED) is 0.798. The lowest BCUT2D eigenvalue weighted by Crippen LogP contribution is -2.14. The second-order valence-electron chi connectivity index (χ2n) is 4.84. The minimum atomic E-state index is -0.330. The summed E-state index contributed by atoms with van der Waals surface area (Å²) in [6, 6.07) is 7.08. The fourth-order valence-electron chi connectivity index (χ4n) is 2.23. The topological polar surface area (TPSA) is 77.0 Å². The van der Waals surface area contributed by atoms with Gasteiger partial charge in [-0.05, 0) is 25.1 Å². The van der Waals surface area contributed by atoms with E-state index in [0.717, 1.165) is 5.69 Å². The van der Waals surface area contributed by atoms with E-state index in [-0.39, 0.29) is 16.7 Å². The molecule has 23 heavy (non-hydrogen) atoms. The Balaban J connectivity index is 2.06. The van der Waals surface area contributed by atoms with Crippen molar-refractivity contribution in [2.45, 2.75) is 6.92 Å². The number of carbonyl (C=O) groups excluding carboxylic acids is 1. The Kier molecular flexibility index (Phi) is 4.08. The maximum absolute atomic E-state index is 12.6. The van der Waals surface area contributed by atoms with Gasteiger partial charge in [0.25, 0.3) is 5.91 Å². The summed E-state index contributed by atoms with van der Waals surface area (Å²) in [5.74, 6) is 0.542. The van der Waals surface area contributed by atoms with Gasteiger partial charge in [0, 0.05) is 16.6 Å². The lowest BCUT2D eigenvalue weighted by molar-refractivity contribution is 0.102. The van der Waals surface area contributed by atoms with E-state index in [1.165, 1.54) is 12.5 Å². The summed E-state index contributed by atoms with van der Waals surface area (Å²) in [6.45, 7) is 1.88. The highest BCUT2D eigenvalue weighted by Gasteiger charge is 2.15. The van der Waals surface area contributed by atoms with Gasteiger partial charge in [0.15, 0.2) is 5.82 Å². The predicted molar refractivity (Wildman–Crippen MR) is 88.0 cm³/mol. The van der Waals surface area contributed by atoms with Crippen LogP contribution in [0, 0.1) is 6.92 Å². The van der Waals surface area contributed by atoms with Crippen molar-refractivity contribution in [2.24, 2.45) is 0 Å². The van der Waals surface area contributed by atoms with E-state index < -0.39 is 0 Å². The number of aromatic nitrogens is 3. The van der Waals surface area contributed by atoms with Crippen LogP contribution in [0.3, 0.4) is 0 Å². The number of ether oxygens (including phenoxy) is 1. The summed E-state index contributed by atoms with van der Waals surface area (Å²) in [4.78, 5) is 24.8. The smallest absolute Gasteiger partial charge is 0.257 e. The lowest BCUT2D eigenvalue weighted by atomic mass is 10.1. The number of benzene rings is 1. The van der Waals surface area contributed by atoms with Crippen LogP contribution < -0.4 is 10.1 Å². The molecule has 0 bridgehead atoms. The van der Waals surface area contributed by atoms with Crippen LogP contribution in [0.2, 0.25) is 5.02 Å². The van der Waals surface area contributed by atoms with Crippen molar-refractivity contribution in [1.82, 2.24) is 15.0 Å². The minimum absolute atomic E-state index is 0.260. The molecule has 0 atom stereocenters. The molecule has 0 saturated heterocycles. The van der Waals surface area contributed by atoms with Crippen LogP contribution in [0.15, 0.2) is 36.8 Å². The van der Waals surface area contributed by atoms with E-state index in [1.807, 2.05) is 19.1 Å². The van der Waals surface area contributed by atoms with Gasteiger partial charge in [-0.3, -0.25) is 4.79 Å². The molecule has 116 valence electrons. The van der Waals surface area contributed by atoms with E-state index in [9.17, 15) is 4.79 Å². The summed E-state index contributed by atoms with van der Waals surface area (Å²) in [7, 11) is 1.57. The highest BCUT2D eigenvalue weighted by atomic mass is 35.5. The SMILES string of the molecule is COc1ccc(C(=O)Nc2ncncc2Cl)c2ccc(C)nc12. The van der Waals surface area contributed by atoms with Gasteiger partial charge in [0.05, 0.1) is 13.3 Å². The van der Waals surface area contributed by atoms with E-state index in [0.29, 0.717) is 22.2 Å². The average molecular weight is 329 g/mol. The van der Waals surface area contributed by atoms with Crippen molar-refractivity contribution in [3.8, 4) is 5.75 Å². The third-order valence-electron chi connectivity index (χ3n) is 3.32. The first-order valence-corrected chi connectivity index (χ1v) is 7.19. The molecule has 1 aromatic carbocycles. The molecule has 0 radical (unpaired) electrons. The number of nitrogens with zero attached hydrogens (tertiary/aromatic N) is 3. The number of aryl methyl sites for hydroxylation is 1. The first-order chi connectivity index (χ1) is 11.1. The number of fused-ring (bicyclic) bond motifs is 1.